The lowest BCUT2D eigenvalue weighted by Gasteiger charge is -2.15. The van der Waals surface area contributed by atoms with Crippen molar-refractivity contribution in [2.24, 2.45) is 11.5 Å². The zero-order chi connectivity index (χ0) is 14.1. The summed E-state index contributed by atoms with van der Waals surface area (Å²) in [5, 5.41) is 0. The predicted octanol–water partition coefficient (Wildman–Crippen LogP) is 2.52. The van der Waals surface area contributed by atoms with E-state index in [2.05, 4.69) is 6.92 Å². The third-order valence-corrected chi connectivity index (χ3v) is 3.00. The molecule has 1 rings (SSSR count). The number of hydrogen-bond acceptors (Lipinski definition) is 3. The summed E-state index contributed by atoms with van der Waals surface area (Å²) in [5.41, 5.74) is 12.0. The second-order valence-corrected chi connectivity index (χ2v) is 4.72. The van der Waals surface area contributed by atoms with Gasteiger partial charge in [-0.2, -0.15) is 0 Å². The quantitative estimate of drug-likeness (QED) is 0.673. The van der Waals surface area contributed by atoms with Crippen molar-refractivity contribution in [1.82, 2.24) is 0 Å². The van der Waals surface area contributed by atoms with Gasteiger partial charge in [0.15, 0.2) is 0 Å². The van der Waals surface area contributed by atoms with Crippen LogP contribution in [0.4, 0.5) is 0 Å². The van der Waals surface area contributed by atoms with Crippen molar-refractivity contribution in [2.75, 3.05) is 6.61 Å². The zero-order valence-corrected chi connectivity index (χ0v) is 11.6. The lowest BCUT2D eigenvalue weighted by atomic mass is 10.0. The molecule has 0 aliphatic carbocycles. The third kappa shape index (κ3) is 5.75. The summed E-state index contributed by atoms with van der Waals surface area (Å²) in [4.78, 5) is 10.9. The minimum absolute atomic E-state index is 0.135. The molecule has 0 bridgehead atoms. The molecule has 0 saturated carbocycles. The first kappa shape index (κ1) is 15.5. The molecule has 1 unspecified atom stereocenters. The first-order chi connectivity index (χ1) is 9.15. The summed E-state index contributed by atoms with van der Waals surface area (Å²) in [7, 11) is 0. The highest BCUT2D eigenvalue weighted by atomic mass is 16.5. The fraction of sp³-hybridized carbons (Fsp3) is 0.533. The van der Waals surface area contributed by atoms with Gasteiger partial charge in [-0.3, -0.25) is 4.79 Å². The lowest BCUT2D eigenvalue weighted by molar-refractivity contribution is -0.118. The Hall–Kier alpha value is -1.55. The standard InChI is InChI=1S/C15H24N2O2/c1-2-3-4-7-10-19-14-9-6-5-8-12(14)13(16)11-15(17)18/h5-6,8-9,13H,2-4,7,10-11,16H2,1H3,(H2,17,18). The SMILES string of the molecule is CCCCCCOc1ccccc1C(N)CC(N)=O. The largest absolute Gasteiger partial charge is 0.493 e. The molecule has 0 aromatic heterocycles. The van der Waals surface area contributed by atoms with Crippen LogP contribution in [0.2, 0.25) is 0 Å². The summed E-state index contributed by atoms with van der Waals surface area (Å²) in [6, 6.07) is 7.16. The molecule has 0 radical (unpaired) electrons. The van der Waals surface area contributed by atoms with E-state index in [1.54, 1.807) is 0 Å². The fourth-order valence-electron chi connectivity index (χ4n) is 1.96. The molecule has 1 aromatic rings. The molecular formula is C15H24N2O2. The summed E-state index contributed by atoms with van der Waals surface area (Å²) >= 11 is 0. The molecular weight excluding hydrogens is 240 g/mol. The molecule has 1 atom stereocenters. The zero-order valence-electron chi connectivity index (χ0n) is 11.6. The average Bonchev–Trinajstić information content (AvgIpc) is 2.38. The topological polar surface area (TPSA) is 78.3 Å². The predicted molar refractivity (Wildman–Crippen MR) is 76.8 cm³/mol. The molecule has 1 amide bonds. The van der Waals surface area contributed by atoms with Crippen LogP contribution in [-0.2, 0) is 4.79 Å². The van der Waals surface area contributed by atoms with E-state index in [-0.39, 0.29) is 6.42 Å². The molecule has 0 saturated heterocycles. The van der Waals surface area contributed by atoms with Gasteiger partial charge in [0.2, 0.25) is 5.91 Å². The van der Waals surface area contributed by atoms with Crippen LogP contribution >= 0.6 is 0 Å². The Balaban J connectivity index is 2.55. The first-order valence-electron chi connectivity index (χ1n) is 6.90. The number of primary amides is 1. The average molecular weight is 264 g/mol. The monoisotopic (exact) mass is 264 g/mol. The molecule has 1 aromatic carbocycles. The molecule has 0 fully saturated rings. The number of hydrogen-bond donors (Lipinski definition) is 2. The van der Waals surface area contributed by atoms with E-state index in [1.165, 1.54) is 19.3 Å². The van der Waals surface area contributed by atoms with Crippen LogP contribution in [-0.4, -0.2) is 12.5 Å². The second-order valence-electron chi connectivity index (χ2n) is 4.72. The minimum Gasteiger partial charge on any atom is -0.493 e. The molecule has 19 heavy (non-hydrogen) atoms. The highest BCUT2D eigenvalue weighted by Gasteiger charge is 2.13. The van der Waals surface area contributed by atoms with Crippen LogP contribution in [0.15, 0.2) is 24.3 Å². The van der Waals surface area contributed by atoms with E-state index in [1.807, 2.05) is 24.3 Å². The number of para-hydroxylation sites is 1. The molecule has 0 aliphatic rings. The Labute approximate surface area is 115 Å². The molecule has 0 spiro atoms. The summed E-state index contributed by atoms with van der Waals surface area (Å²) in [6.45, 7) is 2.86. The Morgan fingerprint density at radius 1 is 1.26 bits per heavy atom. The van der Waals surface area contributed by atoms with E-state index < -0.39 is 11.9 Å². The Morgan fingerprint density at radius 2 is 2.00 bits per heavy atom. The van der Waals surface area contributed by atoms with Gasteiger partial charge < -0.3 is 16.2 Å². The highest BCUT2D eigenvalue weighted by molar-refractivity contribution is 5.74. The third-order valence-electron chi connectivity index (χ3n) is 3.00. The maximum Gasteiger partial charge on any atom is 0.219 e. The molecule has 4 heteroatoms. The Morgan fingerprint density at radius 3 is 2.68 bits per heavy atom. The van der Waals surface area contributed by atoms with Gasteiger partial charge in [0.1, 0.15) is 5.75 Å². The van der Waals surface area contributed by atoms with Crippen LogP contribution in [0.1, 0.15) is 50.6 Å². The maximum absolute atomic E-state index is 10.9. The highest BCUT2D eigenvalue weighted by Crippen LogP contribution is 2.25. The fourth-order valence-corrected chi connectivity index (χ4v) is 1.96. The van der Waals surface area contributed by atoms with Crippen LogP contribution in [0.3, 0.4) is 0 Å². The molecule has 4 nitrogen and oxygen atoms in total. The number of amides is 1. The van der Waals surface area contributed by atoms with Crippen LogP contribution in [0.25, 0.3) is 0 Å². The van der Waals surface area contributed by atoms with Crippen molar-refractivity contribution in [2.45, 2.75) is 45.1 Å². The first-order valence-corrected chi connectivity index (χ1v) is 6.90. The van der Waals surface area contributed by atoms with Gasteiger partial charge in [-0.1, -0.05) is 44.4 Å². The van der Waals surface area contributed by atoms with Crippen molar-refractivity contribution < 1.29 is 9.53 Å². The number of rotatable bonds is 9. The van der Waals surface area contributed by atoms with Gasteiger partial charge >= 0.3 is 0 Å². The summed E-state index contributed by atoms with van der Waals surface area (Å²) in [6.07, 6.45) is 4.78. The van der Waals surface area contributed by atoms with Gasteiger partial charge in [0.25, 0.3) is 0 Å². The number of ether oxygens (including phenoxy) is 1. The van der Waals surface area contributed by atoms with E-state index in [4.69, 9.17) is 16.2 Å². The molecule has 0 aliphatic heterocycles. The molecule has 0 heterocycles. The van der Waals surface area contributed by atoms with Gasteiger partial charge in [0, 0.05) is 18.0 Å². The number of benzene rings is 1. The number of unbranched alkanes of at least 4 members (excludes halogenated alkanes) is 3. The second kappa shape index (κ2) is 8.53. The van der Waals surface area contributed by atoms with Crippen molar-refractivity contribution in [3.8, 4) is 5.75 Å². The lowest BCUT2D eigenvalue weighted by Crippen LogP contribution is -2.21. The van der Waals surface area contributed by atoms with Crippen LogP contribution < -0.4 is 16.2 Å². The number of nitrogens with two attached hydrogens (primary N) is 2. The van der Waals surface area contributed by atoms with Gasteiger partial charge in [-0.15, -0.1) is 0 Å². The Bertz CT molecular complexity index is 393. The van der Waals surface area contributed by atoms with E-state index in [0.717, 1.165) is 17.7 Å². The van der Waals surface area contributed by atoms with Crippen LogP contribution in [0, 0.1) is 0 Å². The number of carbonyl (C=O) groups is 1. The van der Waals surface area contributed by atoms with Gasteiger partial charge in [-0.25, -0.2) is 0 Å². The van der Waals surface area contributed by atoms with Gasteiger partial charge in [-0.05, 0) is 12.5 Å². The van der Waals surface area contributed by atoms with E-state index in [9.17, 15) is 4.79 Å². The van der Waals surface area contributed by atoms with Crippen molar-refractivity contribution in [3.63, 3.8) is 0 Å². The molecule has 106 valence electrons. The van der Waals surface area contributed by atoms with E-state index >= 15 is 0 Å². The maximum atomic E-state index is 10.9. The minimum atomic E-state index is -0.399. The van der Waals surface area contributed by atoms with Crippen LogP contribution in [0.5, 0.6) is 5.75 Å². The van der Waals surface area contributed by atoms with E-state index in [0.29, 0.717) is 6.61 Å². The van der Waals surface area contributed by atoms with Crippen molar-refractivity contribution in [3.05, 3.63) is 29.8 Å². The normalized spacial score (nSPS) is 12.1. The summed E-state index contributed by atoms with van der Waals surface area (Å²) < 4.78 is 5.75. The van der Waals surface area contributed by atoms with Crippen molar-refractivity contribution >= 4 is 5.91 Å². The van der Waals surface area contributed by atoms with Crippen molar-refractivity contribution in [1.29, 1.82) is 0 Å². The molecule has 4 N–H and O–H groups in total. The van der Waals surface area contributed by atoms with Gasteiger partial charge in [0.05, 0.1) is 6.61 Å². The number of carbonyl (C=O) groups excluding carboxylic acids is 1. The Kier molecular flexibility index (Phi) is 6.97. The smallest absolute Gasteiger partial charge is 0.219 e. The summed E-state index contributed by atoms with van der Waals surface area (Å²) in [5.74, 6) is 0.359.